The van der Waals surface area contributed by atoms with Gasteiger partial charge in [-0.1, -0.05) is 0 Å². The van der Waals surface area contributed by atoms with Gasteiger partial charge in [0.2, 0.25) is 0 Å². The van der Waals surface area contributed by atoms with Crippen molar-refractivity contribution in [3.05, 3.63) is 46.8 Å². The van der Waals surface area contributed by atoms with Crippen molar-refractivity contribution in [3.8, 4) is 0 Å². The number of hydrogen-bond donors (Lipinski definition) is 3. The van der Waals surface area contributed by atoms with Gasteiger partial charge >= 0.3 is 6.03 Å². The number of nitrogens with zero attached hydrogens (tertiary/aromatic N) is 1. The molecule has 3 N–H and O–H groups in total. The summed E-state index contributed by atoms with van der Waals surface area (Å²) < 4.78 is 0. The fraction of sp³-hybridized carbons (Fsp3) is 0.353. The predicted octanol–water partition coefficient (Wildman–Crippen LogP) is 2.98. The second kappa shape index (κ2) is 7.09. The molecule has 2 rings (SSSR count). The molecule has 6 heteroatoms. The van der Waals surface area contributed by atoms with Crippen molar-refractivity contribution in [1.82, 2.24) is 15.5 Å². The highest BCUT2D eigenvalue weighted by Crippen LogP contribution is 2.15. The molecule has 0 saturated carbocycles. The number of aromatic amines is 1. The fourth-order valence-electron chi connectivity index (χ4n) is 2.47. The van der Waals surface area contributed by atoms with Crippen LogP contribution in [0.3, 0.4) is 0 Å². The van der Waals surface area contributed by atoms with Crippen molar-refractivity contribution < 1.29 is 9.59 Å². The largest absolute Gasteiger partial charge is 0.335 e. The maximum Gasteiger partial charge on any atom is 0.319 e. The van der Waals surface area contributed by atoms with Crippen LogP contribution in [0.1, 0.15) is 41.2 Å². The van der Waals surface area contributed by atoms with Crippen molar-refractivity contribution in [3.63, 3.8) is 0 Å². The number of Topliss-reactive ketones (excluding diaryl/α,β-unsaturated/α-hetero) is 1. The number of nitrogens with one attached hydrogen (secondary N) is 3. The first-order chi connectivity index (χ1) is 10.8. The Morgan fingerprint density at radius 1 is 1.26 bits per heavy atom. The maximum absolute atomic E-state index is 12.0. The highest BCUT2D eigenvalue weighted by Gasteiger charge is 2.11. The van der Waals surface area contributed by atoms with E-state index in [1.807, 2.05) is 26.8 Å². The van der Waals surface area contributed by atoms with Gasteiger partial charge in [0.1, 0.15) is 0 Å². The van der Waals surface area contributed by atoms with E-state index in [2.05, 4.69) is 20.8 Å². The number of anilines is 1. The van der Waals surface area contributed by atoms with E-state index < -0.39 is 0 Å². The first kappa shape index (κ1) is 16.7. The smallest absolute Gasteiger partial charge is 0.319 e. The van der Waals surface area contributed by atoms with Crippen LogP contribution in [0.5, 0.6) is 0 Å². The molecule has 122 valence electrons. The molecule has 0 aliphatic heterocycles. The standard InChI is InChI=1S/C17H22N4O2/c1-10-7-14(5-6-16(10)13(4)22)19-17(23)18-11(2)8-15-9-12(3)20-21-15/h5-7,9,11H,8H2,1-4H3,(H,20,21)(H2,18,19,23)/t11-/m0/s1. The molecule has 0 radical (unpaired) electrons. The van der Waals surface area contributed by atoms with Crippen molar-refractivity contribution >= 4 is 17.5 Å². The molecule has 0 bridgehead atoms. The van der Waals surface area contributed by atoms with Crippen molar-refractivity contribution in [2.75, 3.05) is 5.32 Å². The molecule has 1 aromatic heterocycles. The lowest BCUT2D eigenvalue weighted by Crippen LogP contribution is -2.37. The summed E-state index contributed by atoms with van der Waals surface area (Å²) in [6, 6.07) is 6.88. The minimum atomic E-state index is -0.278. The molecule has 0 unspecified atom stereocenters. The van der Waals surface area contributed by atoms with E-state index in [9.17, 15) is 9.59 Å². The Kier molecular flexibility index (Phi) is 5.16. The van der Waals surface area contributed by atoms with Crippen LogP contribution in [0.4, 0.5) is 10.5 Å². The van der Waals surface area contributed by atoms with Crippen LogP contribution < -0.4 is 10.6 Å². The van der Waals surface area contributed by atoms with Gasteiger partial charge in [0, 0.05) is 29.4 Å². The summed E-state index contributed by atoms with van der Waals surface area (Å²) in [7, 11) is 0. The maximum atomic E-state index is 12.0. The average Bonchev–Trinajstić information content (AvgIpc) is 2.83. The number of benzene rings is 1. The van der Waals surface area contributed by atoms with E-state index in [0.29, 0.717) is 17.7 Å². The Bertz CT molecular complexity index is 721. The number of rotatable bonds is 5. The number of H-pyrrole nitrogens is 1. The Morgan fingerprint density at radius 3 is 2.57 bits per heavy atom. The average molecular weight is 314 g/mol. The zero-order chi connectivity index (χ0) is 17.0. The summed E-state index contributed by atoms with van der Waals surface area (Å²) in [6.07, 6.45) is 0.653. The van der Waals surface area contributed by atoms with Gasteiger partial charge in [0.15, 0.2) is 5.78 Å². The Morgan fingerprint density at radius 2 is 2.00 bits per heavy atom. The van der Waals surface area contributed by atoms with Gasteiger partial charge in [-0.15, -0.1) is 0 Å². The first-order valence-corrected chi connectivity index (χ1v) is 7.55. The van der Waals surface area contributed by atoms with E-state index in [1.54, 1.807) is 18.2 Å². The molecule has 1 atom stereocenters. The van der Waals surface area contributed by atoms with Crippen molar-refractivity contribution in [1.29, 1.82) is 0 Å². The topological polar surface area (TPSA) is 86.9 Å². The minimum absolute atomic E-state index is 0.0152. The number of aromatic nitrogens is 2. The van der Waals surface area contributed by atoms with Crippen LogP contribution in [-0.2, 0) is 6.42 Å². The van der Waals surface area contributed by atoms with Gasteiger partial charge in [-0.3, -0.25) is 9.89 Å². The number of urea groups is 1. The molecule has 0 aliphatic carbocycles. The molecule has 0 fully saturated rings. The highest BCUT2D eigenvalue weighted by molar-refractivity contribution is 5.96. The minimum Gasteiger partial charge on any atom is -0.335 e. The molecule has 1 aromatic carbocycles. The van der Waals surface area contributed by atoms with Crippen LogP contribution in [0.15, 0.2) is 24.3 Å². The summed E-state index contributed by atoms with van der Waals surface area (Å²) in [5.74, 6) is 0.0152. The lowest BCUT2D eigenvalue weighted by Gasteiger charge is -2.14. The molecule has 2 amide bonds. The Labute approximate surface area is 135 Å². The number of hydrogen-bond acceptors (Lipinski definition) is 3. The van der Waals surface area contributed by atoms with E-state index in [1.165, 1.54) is 6.92 Å². The summed E-state index contributed by atoms with van der Waals surface area (Å²) in [5, 5.41) is 12.7. The molecule has 0 spiro atoms. The number of amides is 2. The summed E-state index contributed by atoms with van der Waals surface area (Å²) >= 11 is 0. The molecule has 0 aliphatic rings. The van der Waals surface area contributed by atoms with Gasteiger partial charge in [0.05, 0.1) is 5.69 Å². The lowest BCUT2D eigenvalue weighted by atomic mass is 10.1. The Hall–Kier alpha value is -2.63. The summed E-state index contributed by atoms with van der Waals surface area (Å²) in [5.41, 5.74) is 4.08. The normalized spacial score (nSPS) is 11.8. The zero-order valence-electron chi connectivity index (χ0n) is 13.9. The molecule has 6 nitrogen and oxygen atoms in total. The monoisotopic (exact) mass is 314 g/mol. The summed E-state index contributed by atoms with van der Waals surface area (Å²) in [6.45, 7) is 7.24. The Balaban J connectivity index is 1.91. The van der Waals surface area contributed by atoms with E-state index in [4.69, 9.17) is 0 Å². The summed E-state index contributed by atoms with van der Waals surface area (Å²) in [4.78, 5) is 23.4. The number of aryl methyl sites for hydroxylation is 2. The van der Waals surface area contributed by atoms with Gasteiger partial charge in [-0.25, -0.2) is 4.79 Å². The van der Waals surface area contributed by atoms with E-state index >= 15 is 0 Å². The second-order valence-electron chi connectivity index (χ2n) is 5.83. The van der Waals surface area contributed by atoms with Crippen LogP contribution in [0.2, 0.25) is 0 Å². The number of ketones is 1. The van der Waals surface area contributed by atoms with Crippen LogP contribution in [-0.4, -0.2) is 28.1 Å². The zero-order valence-corrected chi connectivity index (χ0v) is 13.9. The third-order valence-electron chi connectivity index (χ3n) is 3.52. The number of carbonyl (C=O) groups excluding carboxylic acids is 2. The molecule has 23 heavy (non-hydrogen) atoms. The predicted molar refractivity (Wildman–Crippen MR) is 89.8 cm³/mol. The van der Waals surface area contributed by atoms with Gasteiger partial charge in [-0.05, 0) is 57.5 Å². The third-order valence-corrected chi connectivity index (χ3v) is 3.52. The van der Waals surface area contributed by atoms with Crippen molar-refractivity contribution in [2.45, 2.75) is 40.2 Å². The van der Waals surface area contributed by atoms with E-state index in [-0.39, 0.29) is 17.9 Å². The SMILES string of the molecule is CC(=O)c1ccc(NC(=O)N[C@@H](C)Cc2cc(C)[nH]n2)cc1C. The van der Waals surface area contributed by atoms with Crippen LogP contribution in [0, 0.1) is 13.8 Å². The van der Waals surface area contributed by atoms with Gasteiger partial charge in [0.25, 0.3) is 0 Å². The molecule has 0 saturated heterocycles. The number of carbonyl (C=O) groups is 2. The van der Waals surface area contributed by atoms with Crippen molar-refractivity contribution in [2.24, 2.45) is 0 Å². The third kappa shape index (κ3) is 4.67. The molecule has 2 aromatic rings. The quantitative estimate of drug-likeness (QED) is 0.741. The second-order valence-corrected chi connectivity index (χ2v) is 5.83. The van der Waals surface area contributed by atoms with Crippen LogP contribution in [0.25, 0.3) is 0 Å². The first-order valence-electron chi connectivity index (χ1n) is 7.55. The fourth-order valence-corrected chi connectivity index (χ4v) is 2.47. The molecular weight excluding hydrogens is 292 g/mol. The lowest BCUT2D eigenvalue weighted by molar-refractivity contribution is 0.101. The van der Waals surface area contributed by atoms with Gasteiger partial charge in [-0.2, -0.15) is 5.10 Å². The van der Waals surface area contributed by atoms with E-state index in [0.717, 1.165) is 17.0 Å². The molecular formula is C17H22N4O2. The van der Waals surface area contributed by atoms with Gasteiger partial charge < -0.3 is 10.6 Å². The highest BCUT2D eigenvalue weighted by atomic mass is 16.2. The molecule has 1 heterocycles. The van der Waals surface area contributed by atoms with Crippen LogP contribution >= 0.6 is 0 Å².